The predicted octanol–water partition coefficient (Wildman–Crippen LogP) is 1.28. The smallest absolute Gasteiger partial charge is 0.275 e. The van der Waals surface area contributed by atoms with E-state index in [4.69, 9.17) is 0 Å². The molecule has 0 aliphatic carbocycles. The number of nitrogens with zero attached hydrogens (tertiary/aromatic N) is 6. The molecular weight excluding hydrogens is 306 g/mol. The normalized spacial score (nSPS) is 17.6. The summed E-state index contributed by atoms with van der Waals surface area (Å²) in [6.07, 6.45) is 8.35. The van der Waals surface area contributed by atoms with Crippen molar-refractivity contribution in [2.45, 2.75) is 25.9 Å². The minimum absolute atomic E-state index is 0.0929. The molecule has 124 valence electrons. The van der Waals surface area contributed by atoms with Gasteiger partial charge in [0.15, 0.2) is 0 Å². The fraction of sp³-hybridized carbons (Fsp3) is 0.375. The summed E-state index contributed by atoms with van der Waals surface area (Å²) in [6.45, 7) is 3.38. The number of rotatable bonds is 2. The van der Waals surface area contributed by atoms with Gasteiger partial charge in [-0.3, -0.25) is 14.6 Å². The maximum atomic E-state index is 13.1. The summed E-state index contributed by atoms with van der Waals surface area (Å²) in [5.41, 5.74) is 2.25. The molecule has 8 heteroatoms. The number of fused-ring (bicyclic) bond motifs is 1. The second-order valence-corrected chi connectivity index (χ2v) is 6.12. The van der Waals surface area contributed by atoms with Gasteiger partial charge in [-0.2, -0.15) is 10.2 Å². The zero-order valence-corrected chi connectivity index (χ0v) is 13.7. The van der Waals surface area contributed by atoms with Crippen LogP contribution in [-0.4, -0.2) is 46.9 Å². The maximum Gasteiger partial charge on any atom is 0.275 e. The Morgan fingerprint density at radius 1 is 1.38 bits per heavy atom. The first-order valence-corrected chi connectivity index (χ1v) is 7.96. The van der Waals surface area contributed by atoms with Crippen molar-refractivity contribution in [2.75, 3.05) is 6.54 Å². The molecule has 8 nitrogen and oxygen atoms in total. The van der Waals surface area contributed by atoms with Gasteiger partial charge in [-0.25, -0.2) is 4.98 Å². The molecule has 0 fully saturated rings. The number of nitrogens with one attached hydrogen (secondary N) is 1. The Labute approximate surface area is 139 Å². The molecule has 0 bridgehead atoms. The summed E-state index contributed by atoms with van der Waals surface area (Å²) >= 11 is 0. The number of imidazole rings is 1. The lowest BCUT2D eigenvalue weighted by Crippen LogP contribution is -2.36. The fourth-order valence-corrected chi connectivity index (χ4v) is 3.24. The Kier molecular flexibility index (Phi) is 3.44. The van der Waals surface area contributed by atoms with Gasteiger partial charge in [0, 0.05) is 50.0 Å². The molecule has 3 aromatic heterocycles. The van der Waals surface area contributed by atoms with E-state index >= 15 is 0 Å². The quantitative estimate of drug-likeness (QED) is 0.769. The first-order valence-electron chi connectivity index (χ1n) is 7.96. The van der Waals surface area contributed by atoms with E-state index in [0.29, 0.717) is 12.2 Å². The van der Waals surface area contributed by atoms with Crippen molar-refractivity contribution >= 4 is 5.91 Å². The summed E-state index contributed by atoms with van der Waals surface area (Å²) in [7, 11) is 1.87. The van der Waals surface area contributed by atoms with Crippen LogP contribution in [0.5, 0.6) is 0 Å². The van der Waals surface area contributed by atoms with Gasteiger partial charge in [-0.05, 0) is 19.4 Å². The Bertz CT molecular complexity index is 875. The minimum atomic E-state index is -0.263. The summed E-state index contributed by atoms with van der Waals surface area (Å²) < 4.78 is 3.86. The molecule has 0 aromatic carbocycles. The van der Waals surface area contributed by atoms with Crippen molar-refractivity contribution in [3.05, 3.63) is 53.6 Å². The number of H-pyrrole nitrogens is 1. The molecule has 0 radical (unpaired) electrons. The highest BCUT2D eigenvalue weighted by Crippen LogP contribution is 2.31. The average Bonchev–Trinajstić information content (AvgIpc) is 3.27. The molecule has 24 heavy (non-hydrogen) atoms. The van der Waals surface area contributed by atoms with Crippen molar-refractivity contribution < 1.29 is 4.79 Å². The van der Waals surface area contributed by atoms with Crippen LogP contribution in [-0.2, 0) is 13.6 Å². The number of aromatic nitrogens is 6. The Hall–Kier alpha value is -2.90. The van der Waals surface area contributed by atoms with Gasteiger partial charge in [0.25, 0.3) is 5.91 Å². The van der Waals surface area contributed by atoms with Crippen LogP contribution >= 0.6 is 0 Å². The van der Waals surface area contributed by atoms with Gasteiger partial charge < -0.3 is 9.47 Å². The largest absolute Gasteiger partial charge is 0.333 e. The molecule has 1 amide bonds. The Morgan fingerprint density at radius 3 is 2.96 bits per heavy atom. The minimum Gasteiger partial charge on any atom is -0.333 e. The van der Waals surface area contributed by atoms with Crippen LogP contribution in [0.2, 0.25) is 0 Å². The molecule has 4 rings (SSSR count). The van der Waals surface area contributed by atoms with Crippen LogP contribution in [0.1, 0.15) is 40.0 Å². The monoisotopic (exact) mass is 325 g/mol. The highest BCUT2D eigenvalue weighted by Gasteiger charge is 2.34. The average molecular weight is 325 g/mol. The lowest BCUT2D eigenvalue weighted by molar-refractivity contribution is 0.0700. The van der Waals surface area contributed by atoms with Crippen molar-refractivity contribution in [2.24, 2.45) is 7.05 Å². The van der Waals surface area contributed by atoms with Gasteiger partial charge in [0.2, 0.25) is 0 Å². The van der Waals surface area contributed by atoms with Crippen molar-refractivity contribution in [3.8, 4) is 0 Å². The highest BCUT2D eigenvalue weighted by atomic mass is 16.2. The molecule has 4 heterocycles. The molecule has 0 spiro atoms. The van der Waals surface area contributed by atoms with Gasteiger partial charge in [0.05, 0.1) is 6.20 Å². The third-order valence-electron chi connectivity index (χ3n) is 4.33. The van der Waals surface area contributed by atoms with Crippen LogP contribution < -0.4 is 0 Å². The van der Waals surface area contributed by atoms with E-state index in [1.54, 1.807) is 23.1 Å². The zero-order valence-electron chi connectivity index (χ0n) is 13.7. The van der Waals surface area contributed by atoms with E-state index in [1.165, 1.54) is 0 Å². The first-order chi connectivity index (χ1) is 11.6. The second-order valence-electron chi connectivity index (χ2n) is 6.12. The Morgan fingerprint density at radius 2 is 2.25 bits per heavy atom. The number of hydrogen-bond acceptors (Lipinski definition) is 4. The third-order valence-corrected chi connectivity index (χ3v) is 4.33. The van der Waals surface area contributed by atoms with E-state index in [-0.39, 0.29) is 11.9 Å². The zero-order chi connectivity index (χ0) is 16.7. The predicted molar refractivity (Wildman–Crippen MR) is 86.3 cm³/mol. The number of aryl methyl sites for hydroxylation is 3. The number of carbonyl (C=O) groups is 1. The van der Waals surface area contributed by atoms with E-state index in [9.17, 15) is 4.79 Å². The molecule has 1 aliphatic heterocycles. The maximum absolute atomic E-state index is 13.1. The van der Waals surface area contributed by atoms with Gasteiger partial charge in [0.1, 0.15) is 17.6 Å². The number of amides is 1. The van der Waals surface area contributed by atoms with Crippen molar-refractivity contribution in [1.29, 1.82) is 0 Å². The van der Waals surface area contributed by atoms with Crippen LogP contribution in [0.3, 0.4) is 0 Å². The molecule has 1 N–H and O–H groups in total. The number of carbonyl (C=O) groups excluding carboxylic acids is 1. The summed E-state index contributed by atoms with van der Waals surface area (Å²) in [5.74, 6) is 0.769. The van der Waals surface area contributed by atoms with E-state index in [1.807, 2.05) is 31.3 Å². The fourth-order valence-electron chi connectivity index (χ4n) is 3.24. The first kappa shape index (κ1) is 14.7. The second kappa shape index (κ2) is 5.63. The topological polar surface area (TPSA) is 84.6 Å². The van der Waals surface area contributed by atoms with E-state index in [2.05, 4.69) is 24.8 Å². The molecule has 1 unspecified atom stereocenters. The SMILES string of the molecule is Cc1cc(C(=O)N2CCCn3ccnc3C2c2cnn(C)c2)n[nH]1. The van der Waals surface area contributed by atoms with Crippen molar-refractivity contribution in [3.63, 3.8) is 0 Å². The van der Waals surface area contributed by atoms with Gasteiger partial charge >= 0.3 is 0 Å². The van der Waals surface area contributed by atoms with Crippen LogP contribution in [0.25, 0.3) is 0 Å². The molecule has 1 aliphatic rings. The lowest BCUT2D eigenvalue weighted by atomic mass is 10.1. The molecule has 0 saturated carbocycles. The lowest BCUT2D eigenvalue weighted by Gasteiger charge is -2.28. The molecule has 0 saturated heterocycles. The highest BCUT2D eigenvalue weighted by molar-refractivity contribution is 5.93. The Balaban J connectivity index is 1.80. The summed E-state index contributed by atoms with van der Waals surface area (Å²) in [5, 5.41) is 11.2. The molecular formula is C16H19N7O. The van der Waals surface area contributed by atoms with Crippen LogP contribution in [0.4, 0.5) is 0 Å². The van der Waals surface area contributed by atoms with Gasteiger partial charge in [-0.1, -0.05) is 0 Å². The van der Waals surface area contributed by atoms with Crippen LogP contribution in [0.15, 0.2) is 30.9 Å². The summed E-state index contributed by atoms with van der Waals surface area (Å²) in [6, 6.07) is 1.51. The van der Waals surface area contributed by atoms with E-state index in [0.717, 1.165) is 30.0 Å². The summed E-state index contributed by atoms with van der Waals surface area (Å²) in [4.78, 5) is 19.4. The van der Waals surface area contributed by atoms with Crippen LogP contribution in [0, 0.1) is 6.92 Å². The van der Waals surface area contributed by atoms with E-state index < -0.39 is 0 Å². The van der Waals surface area contributed by atoms with Gasteiger partial charge in [-0.15, -0.1) is 0 Å². The molecule has 1 atom stereocenters. The molecule has 3 aromatic rings. The number of hydrogen-bond donors (Lipinski definition) is 1. The van der Waals surface area contributed by atoms with Crippen molar-refractivity contribution in [1.82, 2.24) is 34.4 Å². The third kappa shape index (κ3) is 2.40. The number of aromatic amines is 1. The standard InChI is InChI=1S/C16H19N7O/c1-11-8-13(20-19-11)16(24)23-6-3-5-22-7-4-17-15(22)14(23)12-9-18-21(2)10-12/h4,7-10,14H,3,5-6H2,1-2H3,(H,19,20).